The van der Waals surface area contributed by atoms with E-state index in [1.54, 1.807) is 6.07 Å². The van der Waals surface area contributed by atoms with Crippen LogP contribution < -0.4 is 0 Å². The highest BCUT2D eigenvalue weighted by molar-refractivity contribution is 9.10. The summed E-state index contributed by atoms with van der Waals surface area (Å²) in [5.74, 6) is 0.360. The molecule has 0 N–H and O–H groups in total. The zero-order valence-corrected chi connectivity index (χ0v) is 10.9. The first kappa shape index (κ1) is 11.9. The van der Waals surface area contributed by atoms with Gasteiger partial charge in [-0.3, -0.25) is 4.79 Å². The number of halogens is 1. The fourth-order valence-electron chi connectivity index (χ4n) is 2.32. The van der Waals surface area contributed by atoms with E-state index in [1.165, 1.54) is 6.26 Å². The summed E-state index contributed by atoms with van der Waals surface area (Å²) in [6.07, 6.45) is 5.21. The van der Waals surface area contributed by atoms with Gasteiger partial charge in [0.2, 0.25) is 5.78 Å². The number of carbonyl (C=O) groups excluding carboxylic acids is 1. The molecule has 0 spiro atoms. The molecule has 1 aliphatic carbocycles. The van der Waals surface area contributed by atoms with Crippen LogP contribution in [0.4, 0.5) is 0 Å². The largest absolute Gasteiger partial charge is 0.460 e. The molecule has 1 fully saturated rings. The van der Waals surface area contributed by atoms with Crippen LogP contribution in [0.15, 0.2) is 21.2 Å². The summed E-state index contributed by atoms with van der Waals surface area (Å²) >= 11 is 3.32. The minimum absolute atomic E-state index is 0.0243. The van der Waals surface area contributed by atoms with Crippen molar-refractivity contribution < 1.29 is 13.9 Å². The number of rotatable bonds is 4. The van der Waals surface area contributed by atoms with Crippen molar-refractivity contribution in [3.05, 3.63) is 22.6 Å². The van der Waals surface area contributed by atoms with Crippen LogP contribution in [0.3, 0.4) is 0 Å². The van der Waals surface area contributed by atoms with Gasteiger partial charge in [0, 0.05) is 6.61 Å². The fourth-order valence-corrected chi connectivity index (χ4v) is 2.70. The second-order valence-corrected chi connectivity index (χ2v) is 4.92. The van der Waals surface area contributed by atoms with Crippen molar-refractivity contribution in [3.8, 4) is 0 Å². The quantitative estimate of drug-likeness (QED) is 0.795. The Morgan fingerprint density at radius 1 is 1.56 bits per heavy atom. The van der Waals surface area contributed by atoms with Gasteiger partial charge in [-0.15, -0.1) is 0 Å². The standard InChI is InChI=1S/C12H15BrO3/c1-2-16-12(6-3-4-7-12)11(14)10-9(13)5-8-15-10/h5,8H,2-4,6-7H2,1H3. The summed E-state index contributed by atoms with van der Waals surface area (Å²) in [6.45, 7) is 2.48. The molecule has 0 bridgehead atoms. The molecule has 0 atom stereocenters. The van der Waals surface area contributed by atoms with Crippen molar-refractivity contribution in [3.63, 3.8) is 0 Å². The minimum Gasteiger partial charge on any atom is -0.460 e. The van der Waals surface area contributed by atoms with E-state index in [9.17, 15) is 4.79 Å². The van der Waals surface area contributed by atoms with Gasteiger partial charge < -0.3 is 9.15 Å². The van der Waals surface area contributed by atoms with E-state index in [1.807, 2.05) is 6.92 Å². The lowest BCUT2D eigenvalue weighted by molar-refractivity contribution is -0.0181. The van der Waals surface area contributed by atoms with Gasteiger partial charge in [-0.2, -0.15) is 0 Å². The number of furan rings is 1. The molecule has 0 amide bonds. The average molecular weight is 287 g/mol. The normalized spacial score (nSPS) is 18.9. The fraction of sp³-hybridized carbons (Fsp3) is 0.583. The number of ketones is 1. The maximum atomic E-state index is 12.4. The lowest BCUT2D eigenvalue weighted by Crippen LogP contribution is -2.38. The van der Waals surface area contributed by atoms with Crippen LogP contribution in [0.25, 0.3) is 0 Å². The number of hydrogen-bond donors (Lipinski definition) is 0. The van der Waals surface area contributed by atoms with E-state index < -0.39 is 5.60 Å². The highest BCUT2D eigenvalue weighted by atomic mass is 79.9. The lowest BCUT2D eigenvalue weighted by atomic mass is 9.94. The predicted octanol–water partition coefficient (Wildman–Crippen LogP) is 3.57. The first-order chi connectivity index (χ1) is 7.69. The number of hydrogen-bond acceptors (Lipinski definition) is 3. The average Bonchev–Trinajstić information content (AvgIpc) is 2.87. The Bertz CT molecular complexity index is 377. The first-order valence-electron chi connectivity index (χ1n) is 5.61. The Labute approximate surface area is 103 Å². The Balaban J connectivity index is 2.27. The van der Waals surface area contributed by atoms with Crippen LogP contribution in [0, 0.1) is 0 Å². The Hall–Kier alpha value is -0.610. The van der Waals surface area contributed by atoms with Crippen molar-refractivity contribution in [2.24, 2.45) is 0 Å². The second-order valence-electron chi connectivity index (χ2n) is 4.06. The smallest absolute Gasteiger partial charge is 0.230 e. The molecule has 3 nitrogen and oxygen atoms in total. The number of Topliss-reactive ketones (excluding diaryl/α,β-unsaturated/α-hetero) is 1. The zero-order chi connectivity index (χ0) is 11.6. The molecule has 1 aliphatic rings. The Kier molecular flexibility index (Phi) is 3.50. The number of ether oxygens (including phenoxy) is 1. The van der Waals surface area contributed by atoms with Crippen molar-refractivity contribution >= 4 is 21.7 Å². The monoisotopic (exact) mass is 286 g/mol. The van der Waals surface area contributed by atoms with Crippen molar-refractivity contribution in [2.75, 3.05) is 6.61 Å². The predicted molar refractivity (Wildman–Crippen MR) is 63.6 cm³/mol. The molecule has 0 saturated heterocycles. The molecule has 0 radical (unpaired) electrons. The SMILES string of the molecule is CCOC1(C(=O)c2occc2Br)CCCC1. The Morgan fingerprint density at radius 3 is 2.75 bits per heavy atom. The maximum absolute atomic E-state index is 12.4. The second kappa shape index (κ2) is 4.72. The van der Waals surface area contributed by atoms with E-state index >= 15 is 0 Å². The summed E-state index contributed by atoms with van der Waals surface area (Å²) in [4.78, 5) is 12.4. The highest BCUT2D eigenvalue weighted by Gasteiger charge is 2.44. The third-order valence-electron chi connectivity index (χ3n) is 3.07. The van der Waals surface area contributed by atoms with E-state index in [0.717, 1.165) is 25.7 Å². The zero-order valence-electron chi connectivity index (χ0n) is 9.29. The van der Waals surface area contributed by atoms with Gasteiger partial charge >= 0.3 is 0 Å². The molecule has 0 unspecified atom stereocenters. The summed E-state index contributed by atoms with van der Waals surface area (Å²) < 4.78 is 11.6. The molecule has 2 rings (SSSR count). The van der Waals surface area contributed by atoms with Crippen molar-refractivity contribution in [1.82, 2.24) is 0 Å². The van der Waals surface area contributed by atoms with E-state index in [0.29, 0.717) is 16.8 Å². The van der Waals surface area contributed by atoms with Gasteiger partial charge in [-0.05, 0) is 54.6 Å². The van der Waals surface area contributed by atoms with Crippen LogP contribution in [-0.2, 0) is 4.74 Å². The molecule has 1 aromatic rings. The van der Waals surface area contributed by atoms with Crippen LogP contribution in [0.2, 0.25) is 0 Å². The van der Waals surface area contributed by atoms with E-state index in [2.05, 4.69) is 15.9 Å². The molecule has 1 aromatic heterocycles. The summed E-state index contributed by atoms with van der Waals surface area (Å²) in [7, 11) is 0. The van der Waals surface area contributed by atoms with Gasteiger partial charge in [0.1, 0.15) is 5.60 Å². The minimum atomic E-state index is -0.644. The maximum Gasteiger partial charge on any atom is 0.230 e. The van der Waals surface area contributed by atoms with Crippen LogP contribution in [-0.4, -0.2) is 18.0 Å². The van der Waals surface area contributed by atoms with Gasteiger partial charge in [0.15, 0.2) is 5.76 Å². The topological polar surface area (TPSA) is 39.4 Å². The first-order valence-corrected chi connectivity index (χ1v) is 6.40. The molecule has 1 saturated carbocycles. The molecule has 0 aromatic carbocycles. The third kappa shape index (κ3) is 1.96. The molecule has 4 heteroatoms. The van der Waals surface area contributed by atoms with Gasteiger partial charge in [0.05, 0.1) is 10.7 Å². The van der Waals surface area contributed by atoms with Crippen molar-refractivity contribution in [1.29, 1.82) is 0 Å². The summed E-state index contributed by atoms with van der Waals surface area (Å²) in [5, 5.41) is 0. The van der Waals surface area contributed by atoms with Gasteiger partial charge in [-0.25, -0.2) is 0 Å². The Morgan fingerprint density at radius 2 is 2.25 bits per heavy atom. The van der Waals surface area contributed by atoms with Crippen LogP contribution >= 0.6 is 15.9 Å². The van der Waals surface area contributed by atoms with Gasteiger partial charge in [0.25, 0.3) is 0 Å². The summed E-state index contributed by atoms with van der Waals surface area (Å²) in [6, 6.07) is 1.74. The van der Waals surface area contributed by atoms with Crippen LogP contribution in [0.5, 0.6) is 0 Å². The van der Waals surface area contributed by atoms with E-state index in [-0.39, 0.29) is 5.78 Å². The summed E-state index contributed by atoms with van der Waals surface area (Å²) in [5.41, 5.74) is -0.644. The molecule has 88 valence electrons. The molecule has 1 heterocycles. The molecular formula is C12H15BrO3. The molecule has 0 aliphatic heterocycles. The molecule has 16 heavy (non-hydrogen) atoms. The van der Waals surface area contributed by atoms with Crippen LogP contribution in [0.1, 0.15) is 43.2 Å². The third-order valence-corrected chi connectivity index (χ3v) is 3.69. The van der Waals surface area contributed by atoms with E-state index in [4.69, 9.17) is 9.15 Å². The van der Waals surface area contributed by atoms with Gasteiger partial charge in [-0.1, -0.05) is 0 Å². The van der Waals surface area contributed by atoms with Crippen molar-refractivity contribution in [2.45, 2.75) is 38.2 Å². The highest BCUT2D eigenvalue weighted by Crippen LogP contribution is 2.37. The molecular weight excluding hydrogens is 272 g/mol. The lowest BCUT2D eigenvalue weighted by Gasteiger charge is -2.26. The number of carbonyl (C=O) groups is 1.